The van der Waals surface area contributed by atoms with Crippen LogP contribution in [0.5, 0.6) is 0 Å². The molecule has 1 aromatic rings. The summed E-state index contributed by atoms with van der Waals surface area (Å²) in [6.07, 6.45) is 2.42. The summed E-state index contributed by atoms with van der Waals surface area (Å²) in [7, 11) is 1.95. The highest BCUT2D eigenvalue weighted by Crippen LogP contribution is 2.30. The Morgan fingerprint density at radius 2 is 2.08 bits per heavy atom. The minimum Gasteiger partial charge on any atom is -0.372 e. The van der Waals surface area contributed by atoms with Crippen LogP contribution in [0.1, 0.15) is 29.6 Å². The lowest BCUT2D eigenvalue weighted by Crippen LogP contribution is -2.39. The van der Waals surface area contributed by atoms with E-state index < -0.39 is 0 Å². The van der Waals surface area contributed by atoms with Crippen molar-refractivity contribution < 1.29 is 9.59 Å². The maximum absolute atomic E-state index is 12.7. The second-order valence-corrected chi connectivity index (χ2v) is 5.98. The molecule has 24 heavy (non-hydrogen) atoms. The number of amides is 2. The lowest BCUT2D eigenvalue weighted by atomic mass is 10.1. The number of anilines is 2. The minimum atomic E-state index is -0.0174. The second kappa shape index (κ2) is 8.55. The van der Waals surface area contributed by atoms with Crippen LogP contribution in [0.4, 0.5) is 11.4 Å². The molecule has 1 atom stereocenters. The number of benzene rings is 1. The van der Waals surface area contributed by atoms with Gasteiger partial charge in [0.05, 0.1) is 11.4 Å². The zero-order valence-electron chi connectivity index (χ0n) is 13.7. The molecule has 0 saturated carbocycles. The maximum atomic E-state index is 12.7. The van der Waals surface area contributed by atoms with Gasteiger partial charge in [0.2, 0.25) is 5.91 Å². The predicted octanol–water partition coefficient (Wildman–Crippen LogP) is 1.87. The molecule has 2 aliphatic heterocycles. The van der Waals surface area contributed by atoms with Crippen molar-refractivity contribution >= 4 is 48.0 Å². The van der Waals surface area contributed by atoms with Crippen LogP contribution in [-0.2, 0) is 4.79 Å². The van der Waals surface area contributed by atoms with Crippen molar-refractivity contribution in [1.29, 1.82) is 0 Å². The number of hydrogen-bond acceptors (Lipinski definition) is 4. The van der Waals surface area contributed by atoms with Gasteiger partial charge in [0.15, 0.2) is 0 Å². The Morgan fingerprint density at radius 3 is 2.79 bits per heavy atom. The molecule has 0 aromatic heterocycles. The fraction of sp³-hybridized carbons (Fsp3) is 0.500. The molecule has 0 radical (unpaired) electrons. The van der Waals surface area contributed by atoms with Crippen LogP contribution in [0.2, 0.25) is 0 Å². The van der Waals surface area contributed by atoms with Crippen molar-refractivity contribution in [2.75, 3.05) is 36.9 Å². The van der Waals surface area contributed by atoms with E-state index in [1.165, 1.54) is 0 Å². The number of nitrogens with one attached hydrogen (secondary N) is 1. The number of nitrogens with zero attached hydrogens (tertiary/aromatic N) is 2. The highest BCUT2D eigenvalue weighted by molar-refractivity contribution is 6.01. The lowest BCUT2D eigenvalue weighted by molar-refractivity contribution is -0.115. The Balaban J connectivity index is 0.00000144. The number of fused-ring (bicyclic) bond motifs is 1. The van der Waals surface area contributed by atoms with Gasteiger partial charge in [0, 0.05) is 44.7 Å². The molecule has 0 aliphatic carbocycles. The standard InChI is InChI=1S/C16H22N4O2.2ClH/c1-19-8-6-15(21)18-13-9-11(4-5-14(13)19)16(22)20-7-2-3-12(20)10-17;;/h4-5,9,12H,2-3,6-8,10,17H2,1H3,(H,18,21);2*1H. The monoisotopic (exact) mass is 374 g/mol. The second-order valence-electron chi connectivity index (χ2n) is 5.98. The Labute approximate surface area is 154 Å². The van der Waals surface area contributed by atoms with E-state index in [0.29, 0.717) is 30.8 Å². The van der Waals surface area contributed by atoms with E-state index in [1.807, 2.05) is 29.0 Å². The first kappa shape index (κ1) is 20.5. The largest absolute Gasteiger partial charge is 0.372 e. The Morgan fingerprint density at radius 1 is 1.33 bits per heavy atom. The van der Waals surface area contributed by atoms with Crippen molar-refractivity contribution in [2.45, 2.75) is 25.3 Å². The van der Waals surface area contributed by atoms with Crippen LogP contribution in [-0.4, -0.2) is 49.4 Å². The molecular weight excluding hydrogens is 351 g/mol. The first-order valence-corrected chi connectivity index (χ1v) is 7.76. The Kier molecular flexibility index (Phi) is 7.32. The topological polar surface area (TPSA) is 78.7 Å². The van der Waals surface area contributed by atoms with E-state index in [0.717, 1.165) is 25.1 Å². The van der Waals surface area contributed by atoms with Crippen molar-refractivity contribution in [2.24, 2.45) is 5.73 Å². The molecule has 1 aromatic carbocycles. The zero-order valence-corrected chi connectivity index (χ0v) is 15.3. The van der Waals surface area contributed by atoms with Gasteiger partial charge in [-0.05, 0) is 31.0 Å². The van der Waals surface area contributed by atoms with E-state index in [2.05, 4.69) is 5.32 Å². The van der Waals surface area contributed by atoms with Crippen LogP contribution >= 0.6 is 24.8 Å². The number of likely N-dealkylation sites (tertiary alicyclic amines) is 1. The smallest absolute Gasteiger partial charge is 0.254 e. The summed E-state index contributed by atoms with van der Waals surface area (Å²) in [5.74, 6) is -0.0203. The fourth-order valence-electron chi connectivity index (χ4n) is 3.22. The van der Waals surface area contributed by atoms with Crippen molar-refractivity contribution in [1.82, 2.24) is 4.90 Å². The van der Waals surface area contributed by atoms with Gasteiger partial charge in [-0.3, -0.25) is 9.59 Å². The summed E-state index contributed by atoms with van der Waals surface area (Å²) >= 11 is 0. The quantitative estimate of drug-likeness (QED) is 0.827. The number of carbonyl (C=O) groups excluding carboxylic acids is 2. The highest BCUT2D eigenvalue weighted by atomic mass is 35.5. The third-order valence-electron chi connectivity index (χ3n) is 4.51. The van der Waals surface area contributed by atoms with Gasteiger partial charge in [0.1, 0.15) is 0 Å². The van der Waals surface area contributed by atoms with Crippen molar-refractivity contribution in [3.05, 3.63) is 23.8 Å². The molecular formula is C16H24Cl2N4O2. The van der Waals surface area contributed by atoms with Crippen LogP contribution in [0.15, 0.2) is 18.2 Å². The maximum Gasteiger partial charge on any atom is 0.254 e. The van der Waals surface area contributed by atoms with Crippen molar-refractivity contribution in [3.63, 3.8) is 0 Å². The predicted molar refractivity (Wildman–Crippen MR) is 101 cm³/mol. The van der Waals surface area contributed by atoms with Gasteiger partial charge in [-0.2, -0.15) is 0 Å². The average molecular weight is 375 g/mol. The molecule has 0 bridgehead atoms. The lowest BCUT2D eigenvalue weighted by Gasteiger charge is -2.24. The van der Waals surface area contributed by atoms with Gasteiger partial charge in [-0.1, -0.05) is 0 Å². The third kappa shape index (κ3) is 3.94. The molecule has 8 heteroatoms. The molecule has 2 aliphatic rings. The summed E-state index contributed by atoms with van der Waals surface area (Å²) < 4.78 is 0. The van der Waals surface area contributed by atoms with E-state index in [1.54, 1.807) is 6.07 Å². The summed E-state index contributed by atoms with van der Waals surface area (Å²) in [5.41, 5.74) is 8.01. The molecule has 2 amide bonds. The molecule has 2 heterocycles. The molecule has 1 unspecified atom stereocenters. The van der Waals surface area contributed by atoms with E-state index in [-0.39, 0.29) is 42.7 Å². The van der Waals surface area contributed by atoms with E-state index >= 15 is 0 Å². The van der Waals surface area contributed by atoms with Gasteiger partial charge >= 0.3 is 0 Å². The number of rotatable bonds is 2. The molecule has 1 saturated heterocycles. The molecule has 134 valence electrons. The molecule has 1 fully saturated rings. The molecule has 3 N–H and O–H groups in total. The SMILES string of the molecule is CN1CCC(=O)Nc2cc(C(=O)N3CCCC3CN)ccc21.Cl.Cl. The van der Waals surface area contributed by atoms with Crippen LogP contribution in [0, 0.1) is 0 Å². The number of nitrogens with two attached hydrogens (primary N) is 1. The summed E-state index contributed by atoms with van der Waals surface area (Å²) in [6.45, 7) is 1.92. The molecule has 6 nitrogen and oxygen atoms in total. The third-order valence-corrected chi connectivity index (χ3v) is 4.51. The van der Waals surface area contributed by atoms with Crippen LogP contribution in [0.25, 0.3) is 0 Å². The first-order valence-electron chi connectivity index (χ1n) is 7.76. The van der Waals surface area contributed by atoms with Crippen LogP contribution in [0.3, 0.4) is 0 Å². The summed E-state index contributed by atoms with van der Waals surface area (Å²) in [4.78, 5) is 28.4. The molecule has 3 rings (SSSR count). The number of halogens is 2. The van der Waals surface area contributed by atoms with E-state index in [9.17, 15) is 9.59 Å². The minimum absolute atomic E-state index is 0. The highest BCUT2D eigenvalue weighted by Gasteiger charge is 2.29. The van der Waals surface area contributed by atoms with E-state index in [4.69, 9.17) is 5.73 Å². The van der Waals surface area contributed by atoms with Gasteiger partial charge < -0.3 is 20.9 Å². The number of carbonyl (C=O) groups is 2. The summed E-state index contributed by atoms with van der Waals surface area (Å²) in [5, 5.41) is 2.89. The van der Waals surface area contributed by atoms with Gasteiger partial charge in [-0.25, -0.2) is 0 Å². The van der Waals surface area contributed by atoms with Crippen LogP contribution < -0.4 is 16.0 Å². The van der Waals surface area contributed by atoms with Crippen molar-refractivity contribution in [3.8, 4) is 0 Å². The fourth-order valence-corrected chi connectivity index (χ4v) is 3.22. The first-order chi connectivity index (χ1) is 10.6. The normalized spacial score (nSPS) is 19.6. The zero-order chi connectivity index (χ0) is 15.7. The summed E-state index contributed by atoms with van der Waals surface area (Å²) in [6, 6.07) is 5.65. The number of hydrogen-bond donors (Lipinski definition) is 2. The van der Waals surface area contributed by atoms with Gasteiger partial charge in [0.25, 0.3) is 5.91 Å². The van der Waals surface area contributed by atoms with Gasteiger partial charge in [-0.15, -0.1) is 24.8 Å². The Hall–Kier alpha value is -1.50. The Bertz CT molecular complexity index is 612. The molecule has 0 spiro atoms. The average Bonchev–Trinajstić information content (AvgIpc) is 2.95.